The molecular formula is C91H90ClCs5F4O12S5. The van der Waals surface area contributed by atoms with E-state index < -0.39 is 5.82 Å². The molecule has 0 N–H and O–H groups in total. The molecule has 0 bridgehead atoms. The average molecular weight is 2310 g/mol. The number of ether oxygens (including phenoxy) is 12. The summed E-state index contributed by atoms with van der Waals surface area (Å²) in [6.45, 7) is 22.5. The number of hydrogen-bond donors (Lipinski definition) is 0. The summed E-state index contributed by atoms with van der Waals surface area (Å²) >= 11 is 14.3. The third kappa shape index (κ3) is 38.8. The van der Waals surface area contributed by atoms with E-state index in [2.05, 4.69) is 52.8 Å². The first-order valence-electron chi connectivity index (χ1n) is 37.4. The maximum atomic E-state index is 13.6. The SMILES string of the molecule is C[C@H]1[CH-]OC(Sc2cccc(OCc3ccc(F)c(Cl)c3)c2)C1.C[C@H]1[CH-]OC(Sc2cccc(OCc3ccc(F)cc3)c2)C1.C[C@H]1[CH-]OC(Sc2cccc(OCc3ccc4c(c3)OCO4)c2)C1.C[C@H]1[CH-]OC(Sc2cccc(OCc3cccc(F)c3)c2)C1.C[C@H]1[CH-]OC(Sc2cccc(OCc3ccccc3F)c2)C1.[Cs+].[Cs+].[Cs+].[Cs+].[Cs+]. The molecule has 5 unspecified atom stereocenters. The number of halogens is 5. The molecule has 10 atom stereocenters. The summed E-state index contributed by atoms with van der Waals surface area (Å²) in [4.78, 5) is 5.60. The van der Waals surface area contributed by atoms with Crippen LogP contribution in [0.5, 0.6) is 40.2 Å². The van der Waals surface area contributed by atoms with Crippen molar-refractivity contribution < 1.29 is 419 Å². The molecule has 5 fully saturated rings. The van der Waals surface area contributed by atoms with E-state index in [0.717, 1.165) is 119 Å². The maximum Gasteiger partial charge on any atom is 1.00 e. The van der Waals surface area contributed by atoms with Gasteiger partial charge in [0, 0.05) is 30.0 Å². The first-order valence-corrected chi connectivity index (χ1v) is 42.2. The normalized spacial score (nSPS) is 20.2. The van der Waals surface area contributed by atoms with Gasteiger partial charge >= 0.3 is 344 Å². The Bertz CT molecular complexity index is 4640. The van der Waals surface area contributed by atoms with Crippen LogP contribution in [0, 0.1) is 85.9 Å². The summed E-state index contributed by atoms with van der Waals surface area (Å²) in [5.74, 6) is 6.92. The zero-order valence-electron chi connectivity index (χ0n) is 68.2. The van der Waals surface area contributed by atoms with Crippen LogP contribution in [0.4, 0.5) is 17.6 Å². The van der Waals surface area contributed by atoms with Gasteiger partial charge in [-0.1, -0.05) is 190 Å². The van der Waals surface area contributed by atoms with Gasteiger partial charge in [0.25, 0.3) is 0 Å². The summed E-state index contributed by atoms with van der Waals surface area (Å²) in [5, 5.41) is 0.110. The van der Waals surface area contributed by atoms with Crippen LogP contribution in [0.3, 0.4) is 0 Å². The Hall–Kier alpha value is 2.62. The molecule has 0 aliphatic carbocycles. The van der Waals surface area contributed by atoms with Gasteiger partial charge < -0.3 is 56.8 Å². The van der Waals surface area contributed by atoms with Gasteiger partial charge in [-0.3, -0.25) is 0 Å². The predicted octanol–water partition coefficient (Wildman–Crippen LogP) is 10.5. The van der Waals surface area contributed by atoms with E-state index in [1.165, 1.54) is 36.4 Å². The molecule has 16 rings (SSSR count). The summed E-state index contributed by atoms with van der Waals surface area (Å²) in [5.41, 5.74) is 5.09. The Morgan fingerprint density at radius 3 is 1.01 bits per heavy atom. The largest absolute Gasteiger partial charge is 1.00 e. The summed E-state index contributed by atoms with van der Waals surface area (Å²) in [6, 6.07) is 69.7. The third-order valence-electron chi connectivity index (χ3n) is 17.7. The minimum atomic E-state index is -0.420. The standard InChI is InChI=1S/C19H19O4S.C18H17ClFO2S.3C18H18FO2S.5Cs/c1-13-7-19(21-10-13)24-16-4-2-3-15(9-16)20-11-14-5-6-17-18(8-14)23-12-22-17;1-12-7-18(22-10-12)23-15-4-2-3-14(9-15)21-11-13-5-6-17(20)16(19)8-13;1-13-8-18(21-11-13)22-17-7-3-6-16(10-17)20-12-14-4-2-5-15(19)9-14;1-13-9-18(21-11-13)22-16-7-4-6-15(10-16)20-12-14-5-2-3-8-17(14)19;1-13-9-18(21-11-13)22-17-4-2-3-16(10-17)20-12-14-5-7-15(19)8-6-14;;;;;/h2-6,8-10,13,19H,7,11-12H2,1H3;2-6,8-10,12,18H,7,11H2,1H3;2-7,9-11,13,18H,8,12H2,1H3;2*2-8,10-11,13,18H,9,12H2,1H3;;;;;/q5*-1;5*+1/t13-,19?;12-,18?;3*13-,18?;;;;;/m11111...../s1. The monoisotopic (exact) mass is 2310 g/mol. The number of rotatable bonds is 25. The Morgan fingerprint density at radius 2 is 0.644 bits per heavy atom. The van der Waals surface area contributed by atoms with Gasteiger partial charge in [-0.25, -0.2) is 50.6 Å². The summed E-state index contributed by atoms with van der Waals surface area (Å²) < 4.78 is 120. The smallest absolute Gasteiger partial charge is 0.542 e. The van der Waals surface area contributed by atoms with Crippen molar-refractivity contribution in [3.8, 4) is 40.2 Å². The van der Waals surface area contributed by atoms with E-state index in [1.54, 1.807) is 101 Å². The van der Waals surface area contributed by atoms with E-state index in [9.17, 15) is 17.6 Å². The van der Waals surface area contributed by atoms with Crippen LogP contribution in [0.1, 0.15) is 94.5 Å². The van der Waals surface area contributed by atoms with Crippen molar-refractivity contribution >= 4 is 70.4 Å². The number of hydrogen-bond acceptors (Lipinski definition) is 17. The minimum absolute atomic E-state index is 0. The fourth-order valence-electron chi connectivity index (χ4n) is 11.8. The molecule has 0 aromatic heterocycles. The fraction of sp³-hybridized carbons (Fsp3) is 0.286. The predicted molar refractivity (Wildman–Crippen MR) is 441 cm³/mol. The van der Waals surface area contributed by atoms with E-state index in [0.29, 0.717) is 61.6 Å². The molecule has 10 aromatic carbocycles. The molecule has 0 spiro atoms. The van der Waals surface area contributed by atoms with Gasteiger partial charge in [-0.15, -0.1) is 29.6 Å². The molecule has 118 heavy (non-hydrogen) atoms. The molecule has 0 radical (unpaired) electrons. The fourth-order valence-corrected chi connectivity index (χ4v) is 17.8. The first kappa shape index (κ1) is 108. The quantitative estimate of drug-likeness (QED) is 0.0399. The average Bonchev–Trinajstić information content (AvgIpc) is 1.45. The Kier molecular flexibility index (Phi) is 53.4. The van der Waals surface area contributed by atoms with Crippen LogP contribution >= 0.6 is 70.4 Å². The van der Waals surface area contributed by atoms with Crippen molar-refractivity contribution in [3.63, 3.8) is 0 Å². The maximum absolute atomic E-state index is 13.6. The van der Waals surface area contributed by atoms with Crippen LogP contribution < -0.4 is 378 Å². The van der Waals surface area contributed by atoms with Crippen molar-refractivity contribution in [2.45, 2.75) is 151 Å². The van der Waals surface area contributed by atoms with Crippen LogP contribution in [-0.2, 0) is 56.7 Å². The van der Waals surface area contributed by atoms with Crippen molar-refractivity contribution in [2.75, 3.05) is 6.79 Å². The van der Waals surface area contributed by atoms with Gasteiger partial charge in [0.15, 0.2) is 11.5 Å². The van der Waals surface area contributed by atoms with E-state index >= 15 is 0 Å². The van der Waals surface area contributed by atoms with Gasteiger partial charge in [-0.2, -0.15) is 0 Å². The van der Waals surface area contributed by atoms with Crippen LogP contribution in [0.15, 0.2) is 255 Å². The van der Waals surface area contributed by atoms with Crippen LogP contribution in [-0.4, -0.2) is 34.0 Å². The molecular weight excluding hydrogens is 2220 g/mol. The molecule has 6 aliphatic heterocycles. The molecule has 6 heterocycles. The number of fused-ring (bicyclic) bond motifs is 1. The zero-order chi connectivity index (χ0) is 78.7. The van der Waals surface area contributed by atoms with Crippen molar-refractivity contribution in [2.24, 2.45) is 29.6 Å². The van der Waals surface area contributed by atoms with Crippen LogP contribution in [0.25, 0.3) is 0 Å². The Labute approximate surface area is 1010 Å². The van der Waals surface area contributed by atoms with Gasteiger partial charge in [0.1, 0.15) is 85.1 Å². The van der Waals surface area contributed by atoms with E-state index in [-0.39, 0.29) is 408 Å². The molecule has 596 valence electrons. The number of thioether (sulfide) groups is 5. The molecule has 6 aliphatic rings. The van der Waals surface area contributed by atoms with Gasteiger partial charge in [0.05, 0.1) is 32.2 Å². The molecule has 12 nitrogen and oxygen atoms in total. The van der Waals surface area contributed by atoms with Crippen molar-refractivity contribution in [3.05, 3.63) is 320 Å². The van der Waals surface area contributed by atoms with Crippen molar-refractivity contribution in [1.29, 1.82) is 0 Å². The van der Waals surface area contributed by atoms with Gasteiger partial charge in [0.2, 0.25) is 6.79 Å². The third-order valence-corrected chi connectivity index (χ3v) is 23.4. The summed E-state index contributed by atoms with van der Waals surface area (Å²) in [6.07, 6.45) is 5.14. The van der Waals surface area contributed by atoms with Crippen molar-refractivity contribution in [1.82, 2.24) is 0 Å². The topological polar surface area (TPSA) is 111 Å². The Balaban J connectivity index is 0.000000202. The van der Waals surface area contributed by atoms with Gasteiger partial charge in [-0.05, 0) is 200 Å². The molecule has 10 aromatic rings. The minimum Gasteiger partial charge on any atom is -0.542 e. The number of benzene rings is 10. The molecule has 0 amide bonds. The van der Waals surface area contributed by atoms with Crippen LogP contribution in [0.2, 0.25) is 5.02 Å². The molecule has 27 heteroatoms. The zero-order valence-corrected chi connectivity index (χ0v) is 104. The molecule has 5 saturated heterocycles. The van der Waals surface area contributed by atoms with E-state index in [1.807, 2.05) is 166 Å². The first-order chi connectivity index (χ1) is 54.9. The second-order valence-electron chi connectivity index (χ2n) is 27.8. The summed E-state index contributed by atoms with van der Waals surface area (Å²) in [7, 11) is 0. The second-order valence-corrected chi connectivity index (χ2v) is 34.3. The van der Waals surface area contributed by atoms with E-state index in [4.69, 9.17) is 68.4 Å². The Morgan fingerprint density at radius 1 is 0.314 bits per heavy atom. The molecule has 0 saturated carbocycles. The second kappa shape index (κ2) is 58.5.